The van der Waals surface area contributed by atoms with Gasteiger partial charge in [-0.1, -0.05) is 30.9 Å². The van der Waals surface area contributed by atoms with Crippen molar-refractivity contribution in [3.63, 3.8) is 0 Å². The number of carboxylic acid groups (broad SMARTS) is 1. The molecule has 6 nitrogen and oxygen atoms in total. The molecular formula is C25H27N3O3. The van der Waals surface area contributed by atoms with E-state index < -0.39 is 5.97 Å². The molecule has 0 saturated heterocycles. The summed E-state index contributed by atoms with van der Waals surface area (Å²) in [5.41, 5.74) is 5.53. The van der Waals surface area contributed by atoms with Crippen molar-refractivity contribution in [1.82, 2.24) is 4.98 Å². The second kappa shape index (κ2) is 10.3. The summed E-state index contributed by atoms with van der Waals surface area (Å²) in [5, 5.41) is 11.4. The molecular weight excluding hydrogens is 390 g/mol. The zero-order chi connectivity index (χ0) is 22.2. The number of aromatic carboxylic acids is 1. The number of carboxylic acids is 1. The molecule has 1 aliphatic heterocycles. The molecule has 0 amide bonds. The SMILES string of the molecule is C=Cc1ccc(N(C)c2ccc3c(c2)OCCC3)cc1.CNc1cnccc1C(=O)O. The number of rotatable bonds is 5. The van der Waals surface area contributed by atoms with Crippen molar-refractivity contribution < 1.29 is 14.6 Å². The van der Waals surface area contributed by atoms with Gasteiger partial charge in [-0.05, 0) is 48.2 Å². The van der Waals surface area contributed by atoms with Gasteiger partial charge in [-0.15, -0.1) is 0 Å². The number of fused-ring (bicyclic) bond motifs is 1. The lowest BCUT2D eigenvalue weighted by Crippen LogP contribution is -2.12. The second-order valence-electron chi connectivity index (χ2n) is 7.08. The van der Waals surface area contributed by atoms with Gasteiger partial charge in [0.15, 0.2) is 0 Å². The van der Waals surface area contributed by atoms with Crippen molar-refractivity contribution in [3.05, 3.63) is 84.2 Å². The van der Waals surface area contributed by atoms with E-state index in [0.717, 1.165) is 42.1 Å². The molecule has 0 radical (unpaired) electrons. The number of anilines is 3. The van der Waals surface area contributed by atoms with Crippen molar-refractivity contribution in [2.24, 2.45) is 0 Å². The molecule has 3 aromatic rings. The molecule has 0 spiro atoms. The van der Waals surface area contributed by atoms with Gasteiger partial charge in [0.25, 0.3) is 0 Å². The lowest BCUT2D eigenvalue weighted by Gasteiger charge is -2.23. The van der Waals surface area contributed by atoms with E-state index in [1.54, 1.807) is 7.05 Å². The van der Waals surface area contributed by atoms with Gasteiger partial charge in [0.05, 0.1) is 24.1 Å². The third-order valence-electron chi connectivity index (χ3n) is 5.12. The van der Waals surface area contributed by atoms with Crippen LogP contribution in [0.2, 0.25) is 0 Å². The molecule has 0 atom stereocenters. The normalized spacial score (nSPS) is 11.8. The van der Waals surface area contributed by atoms with Crippen LogP contribution >= 0.6 is 0 Å². The maximum atomic E-state index is 10.5. The predicted octanol–water partition coefficient (Wildman–Crippen LogP) is 5.24. The number of aryl methyl sites for hydroxylation is 1. The number of carbonyl (C=O) groups is 1. The van der Waals surface area contributed by atoms with Crippen LogP contribution in [0.25, 0.3) is 6.08 Å². The highest BCUT2D eigenvalue weighted by Crippen LogP contribution is 2.32. The van der Waals surface area contributed by atoms with Crippen LogP contribution in [0.15, 0.2) is 67.5 Å². The Morgan fingerprint density at radius 2 is 1.94 bits per heavy atom. The van der Waals surface area contributed by atoms with Crippen molar-refractivity contribution in [1.29, 1.82) is 0 Å². The fourth-order valence-corrected chi connectivity index (χ4v) is 3.30. The molecule has 2 aromatic carbocycles. The largest absolute Gasteiger partial charge is 0.493 e. The van der Waals surface area contributed by atoms with Crippen LogP contribution in [0.4, 0.5) is 17.1 Å². The molecule has 6 heteroatoms. The van der Waals surface area contributed by atoms with Gasteiger partial charge in [-0.3, -0.25) is 4.98 Å². The summed E-state index contributed by atoms with van der Waals surface area (Å²) in [5.74, 6) is 0.0834. The Balaban J connectivity index is 0.000000210. The first kappa shape index (κ1) is 21.9. The zero-order valence-electron chi connectivity index (χ0n) is 17.8. The van der Waals surface area contributed by atoms with Gasteiger partial charge in [-0.25, -0.2) is 4.79 Å². The number of ether oxygens (including phenoxy) is 1. The number of aromatic nitrogens is 1. The van der Waals surface area contributed by atoms with Crippen LogP contribution in [0.1, 0.15) is 27.9 Å². The smallest absolute Gasteiger partial charge is 0.337 e. The third kappa shape index (κ3) is 5.42. The number of nitrogens with one attached hydrogen (secondary N) is 1. The van der Waals surface area contributed by atoms with Gasteiger partial charge in [-0.2, -0.15) is 0 Å². The van der Waals surface area contributed by atoms with E-state index in [-0.39, 0.29) is 5.56 Å². The number of benzene rings is 2. The van der Waals surface area contributed by atoms with Crippen LogP contribution in [0.5, 0.6) is 5.75 Å². The Morgan fingerprint density at radius 1 is 1.19 bits per heavy atom. The maximum absolute atomic E-state index is 10.5. The van der Waals surface area contributed by atoms with E-state index in [1.807, 2.05) is 6.08 Å². The average Bonchev–Trinajstić information content (AvgIpc) is 2.83. The van der Waals surface area contributed by atoms with E-state index in [0.29, 0.717) is 5.69 Å². The lowest BCUT2D eigenvalue weighted by molar-refractivity contribution is 0.0698. The summed E-state index contributed by atoms with van der Waals surface area (Å²) in [6, 6.07) is 16.3. The van der Waals surface area contributed by atoms with Crippen molar-refractivity contribution >= 4 is 29.1 Å². The summed E-state index contributed by atoms with van der Waals surface area (Å²) >= 11 is 0. The Kier molecular flexibility index (Phi) is 7.27. The van der Waals surface area contributed by atoms with Crippen LogP contribution in [-0.4, -0.2) is 36.8 Å². The Hall–Kier alpha value is -3.80. The molecule has 1 aliphatic rings. The molecule has 160 valence electrons. The van der Waals surface area contributed by atoms with E-state index in [4.69, 9.17) is 9.84 Å². The van der Waals surface area contributed by atoms with Crippen molar-refractivity contribution in [2.45, 2.75) is 12.8 Å². The molecule has 0 saturated carbocycles. The second-order valence-corrected chi connectivity index (χ2v) is 7.08. The minimum absolute atomic E-state index is 0.238. The summed E-state index contributed by atoms with van der Waals surface area (Å²) < 4.78 is 5.75. The van der Waals surface area contributed by atoms with Gasteiger partial charge in [0, 0.05) is 37.7 Å². The summed E-state index contributed by atoms with van der Waals surface area (Å²) in [7, 11) is 3.73. The van der Waals surface area contributed by atoms with Gasteiger partial charge >= 0.3 is 5.97 Å². The van der Waals surface area contributed by atoms with Crippen LogP contribution in [-0.2, 0) is 6.42 Å². The maximum Gasteiger partial charge on any atom is 0.337 e. The molecule has 0 bridgehead atoms. The minimum Gasteiger partial charge on any atom is -0.493 e. The molecule has 2 N–H and O–H groups in total. The molecule has 2 heterocycles. The quantitative estimate of drug-likeness (QED) is 0.591. The highest BCUT2D eigenvalue weighted by atomic mass is 16.5. The summed E-state index contributed by atoms with van der Waals surface area (Å²) in [6.45, 7) is 4.61. The summed E-state index contributed by atoms with van der Waals surface area (Å²) in [6.07, 6.45) is 7.02. The Bertz CT molecular complexity index is 1050. The van der Waals surface area contributed by atoms with E-state index >= 15 is 0 Å². The molecule has 4 rings (SSSR count). The first-order chi connectivity index (χ1) is 15.0. The van der Waals surface area contributed by atoms with E-state index in [2.05, 4.69) is 71.3 Å². The van der Waals surface area contributed by atoms with Gasteiger partial charge < -0.3 is 20.1 Å². The molecule has 0 aliphatic carbocycles. The highest BCUT2D eigenvalue weighted by Gasteiger charge is 2.12. The minimum atomic E-state index is -0.947. The zero-order valence-corrected chi connectivity index (χ0v) is 17.8. The number of hydrogen-bond donors (Lipinski definition) is 2. The number of pyridine rings is 1. The number of nitrogens with zero attached hydrogens (tertiary/aromatic N) is 2. The first-order valence-electron chi connectivity index (χ1n) is 10.1. The third-order valence-corrected chi connectivity index (χ3v) is 5.12. The first-order valence-corrected chi connectivity index (χ1v) is 10.1. The standard InChI is InChI=1S/C18H19NO.C7H8N2O2/c1-3-14-6-9-16(10-7-14)19(2)17-11-8-15-5-4-12-20-18(15)13-17;1-8-6-4-9-3-2-5(6)7(10)11/h3,6-11,13H,1,4-5,12H2,2H3;2-4,8H,1H3,(H,10,11). The molecule has 0 unspecified atom stereocenters. The fraction of sp³-hybridized carbons (Fsp3) is 0.200. The fourth-order valence-electron chi connectivity index (χ4n) is 3.30. The highest BCUT2D eigenvalue weighted by molar-refractivity contribution is 5.93. The summed E-state index contributed by atoms with van der Waals surface area (Å²) in [4.78, 5) is 16.5. The van der Waals surface area contributed by atoms with Crippen molar-refractivity contribution in [3.8, 4) is 5.75 Å². The molecule has 31 heavy (non-hydrogen) atoms. The van der Waals surface area contributed by atoms with Crippen LogP contribution in [0, 0.1) is 0 Å². The molecule has 0 fully saturated rings. The topological polar surface area (TPSA) is 74.7 Å². The monoisotopic (exact) mass is 417 g/mol. The van der Waals surface area contributed by atoms with Crippen LogP contribution in [0.3, 0.4) is 0 Å². The van der Waals surface area contributed by atoms with Gasteiger partial charge in [0.2, 0.25) is 0 Å². The molecule has 1 aromatic heterocycles. The predicted molar refractivity (Wildman–Crippen MR) is 126 cm³/mol. The van der Waals surface area contributed by atoms with E-state index in [1.165, 1.54) is 24.0 Å². The van der Waals surface area contributed by atoms with E-state index in [9.17, 15) is 4.79 Å². The lowest BCUT2D eigenvalue weighted by atomic mass is 10.1. The Morgan fingerprint density at radius 3 is 2.58 bits per heavy atom. The average molecular weight is 418 g/mol. The Labute approximate surface area is 182 Å². The van der Waals surface area contributed by atoms with Gasteiger partial charge in [0.1, 0.15) is 5.75 Å². The van der Waals surface area contributed by atoms with Crippen molar-refractivity contribution in [2.75, 3.05) is 30.9 Å². The number of hydrogen-bond acceptors (Lipinski definition) is 5. The van der Waals surface area contributed by atoms with Crippen LogP contribution < -0.4 is 15.0 Å².